The van der Waals surface area contributed by atoms with Gasteiger partial charge in [0.25, 0.3) is 0 Å². The predicted molar refractivity (Wildman–Crippen MR) is 78.6 cm³/mol. The highest BCUT2D eigenvalue weighted by Crippen LogP contribution is 2.34. The molecule has 0 aliphatic rings. The molecular formula is C14H13ClF3NO5. The summed E-state index contributed by atoms with van der Waals surface area (Å²) < 4.78 is 49.5. The van der Waals surface area contributed by atoms with Crippen LogP contribution in [0.4, 0.5) is 18.9 Å². The lowest BCUT2D eigenvalue weighted by Crippen LogP contribution is -2.18. The molecule has 1 aromatic rings. The molecule has 0 aromatic heterocycles. The predicted octanol–water partition coefficient (Wildman–Crippen LogP) is 3.19. The van der Waals surface area contributed by atoms with E-state index in [0.29, 0.717) is 0 Å². The van der Waals surface area contributed by atoms with E-state index in [-0.39, 0.29) is 22.0 Å². The number of esters is 2. The number of halogens is 4. The van der Waals surface area contributed by atoms with Crippen molar-refractivity contribution in [3.63, 3.8) is 0 Å². The maximum atomic E-state index is 12.3. The Labute approximate surface area is 140 Å². The molecule has 0 atom stereocenters. The SMILES string of the molecule is COC(=O)/C=C(/Nc1cc(Cl)c(OC(F)(F)F)cc1C)C(=O)OC. The lowest BCUT2D eigenvalue weighted by Gasteiger charge is -2.15. The van der Waals surface area contributed by atoms with E-state index in [1.54, 1.807) is 0 Å². The molecule has 0 radical (unpaired) electrons. The fraction of sp³-hybridized carbons (Fsp3) is 0.286. The second kappa shape index (κ2) is 7.91. The minimum absolute atomic E-state index is 0.176. The first kappa shape index (κ1) is 19.6. The van der Waals surface area contributed by atoms with Gasteiger partial charge in [-0.3, -0.25) is 0 Å². The van der Waals surface area contributed by atoms with Crippen LogP contribution in [0, 0.1) is 6.92 Å². The van der Waals surface area contributed by atoms with Gasteiger partial charge in [-0.1, -0.05) is 11.6 Å². The van der Waals surface area contributed by atoms with Crippen molar-refractivity contribution in [2.45, 2.75) is 13.3 Å². The van der Waals surface area contributed by atoms with Gasteiger partial charge in [-0.05, 0) is 24.6 Å². The Morgan fingerprint density at radius 1 is 1.21 bits per heavy atom. The van der Waals surface area contributed by atoms with Crippen LogP contribution in [0.2, 0.25) is 5.02 Å². The molecule has 0 fully saturated rings. The largest absolute Gasteiger partial charge is 0.573 e. The number of rotatable bonds is 5. The van der Waals surface area contributed by atoms with Crippen molar-refractivity contribution < 1.29 is 37.0 Å². The number of aryl methyl sites for hydroxylation is 1. The van der Waals surface area contributed by atoms with Crippen LogP contribution >= 0.6 is 11.6 Å². The van der Waals surface area contributed by atoms with Crippen LogP contribution < -0.4 is 10.1 Å². The fourth-order valence-electron chi connectivity index (χ4n) is 1.57. The van der Waals surface area contributed by atoms with E-state index in [1.165, 1.54) is 6.92 Å². The number of nitrogens with one attached hydrogen (secondary N) is 1. The molecule has 0 heterocycles. The van der Waals surface area contributed by atoms with Gasteiger partial charge in [-0.2, -0.15) is 0 Å². The van der Waals surface area contributed by atoms with Crippen molar-refractivity contribution >= 4 is 29.2 Å². The highest BCUT2D eigenvalue weighted by molar-refractivity contribution is 6.32. The standard InChI is InChI=1S/C14H13ClF3NO5/c1-7-4-11(24-14(16,17)18)8(15)5-9(7)19-10(13(21)23-3)6-12(20)22-2/h4-6,19H,1-3H3/b10-6+. The molecule has 0 saturated carbocycles. The van der Waals surface area contributed by atoms with Crippen molar-refractivity contribution in [2.24, 2.45) is 0 Å². The highest BCUT2D eigenvalue weighted by atomic mass is 35.5. The van der Waals surface area contributed by atoms with Crippen LogP contribution in [0.1, 0.15) is 5.56 Å². The number of alkyl halides is 3. The van der Waals surface area contributed by atoms with E-state index in [4.69, 9.17) is 11.6 Å². The lowest BCUT2D eigenvalue weighted by molar-refractivity contribution is -0.274. The summed E-state index contributed by atoms with van der Waals surface area (Å²) in [6.07, 6.45) is -4.06. The van der Waals surface area contributed by atoms with E-state index in [0.717, 1.165) is 32.4 Å². The van der Waals surface area contributed by atoms with Crippen LogP contribution in [0.15, 0.2) is 23.9 Å². The summed E-state index contributed by atoms with van der Waals surface area (Å²) in [5, 5.41) is 2.21. The Kier molecular flexibility index (Phi) is 6.47. The van der Waals surface area contributed by atoms with Crippen LogP contribution in [-0.2, 0) is 19.1 Å². The summed E-state index contributed by atoms with van der Waals surface area (Å²) in [6.45, 7) is 1.45. The van der Waals surface area contributed by atoms with Gasteiger partial charge < -0.3 is 19.5 Å². The molecule has 132 valence electrons. The lowest BCUT2D eigenvalue weighted by atomic mass is 10.2. The van der Waals surface area contributed by atoms with Crippen molar-refractivity contribution in [3.05, 3.63) is 34.5 Å². The minimum Gasteiger partial charge on any atom is -0.466 e. The van der Waals surface area contributed by atoms with Gasteiger partial charge in [-0.25, -0.2) is 9.59 Å². The third-order valence-electron chi connectivity index (χ3n) is 2.64. The van der Waals surface area contributed by atoms with E-state index in [1.807, 2.05) is 0 Å². The van der Waals surface area contributed by atoms with Gasteiger partial charge in [0.15, 0.2) is 0 Å². The first-order valence-corrected chi connectivity index (χ1v) is 6.66. The van der Waals surface area contributed by atoms with Gasteiger partial charge in [0.1, 0.15) is 11.4 Å². The maximum absolute atomic E-state index is 12.3. The Morgan fingerprint density at radius 2 is 1.83 bits per heavy atom. The molecule has 6 nitrogen and oxygen atoms in total. The summed E-state index contributed by atoms with van der Waals surface area (Å²) in [7, 11) is 2.20. The van der Waals surface area contributed by atoms with E-state index >= 15 is 0 Å². The molecule has 24 heavy (non-hydrogen) atoms. The second-order valence-corrected chi connectivity index (χ2v) is 4.75. The Balaban J connectivity index is 3.17. The monoisotopic (exact) mass is 367 g/mol. The van der Waals surface area contributed by atoms with Crippen LogP contribution in [0.3, 0.4) is 0 Å². The first-order chi connectivity index (χ1) is 11.1. The molecule has 0 amide bonds. The van der Waals surface area contributed by atoms with E-state index < -0.39 is 24.1 Å². The summed E-state index contributed by atoms with van der Waals surface area (Å²) in [4.78, 5) is 22.9. The minimum atomic E-state index is -4.90. The van der Waals surface area contributed by atoms with Crippen LogP contribution in [-0.4, -0.2) is 32.5 Å². The van der Waals surface area contributed by atoms with Crippen molar-refractivity contribution in [3.8, 4) is 5.75 Å². The topological polar surface area (TPSA) is 73.9 Å². The first-order valence-electron chi connectivity index (χ1n) is 6.28. The molecule has 0 spiro atoms. The highest BCUT2D eigenvalue weighted by Gasteiger charge is 2.32. The zero-order valence-corrected chi connectivity index (χ0v) is 13.5. The van der Waals surface area contributed by atoms with Gasteiger partial charge in [0.05, 0.1) is 25.3 Å². The number of benzene rings is 1. The van der Waals surface area contributed by atoms with E-state index in [2.05, 4.69) is 19.5 Å². The molecule has 1 rings (SSSR count). The molecule has 0 aliphatic carbocycles. The Bertz CT molecular complexity index is 673. The van der Waals surface area contributed by atoms with Crippen molar-refractivity contribution in [1.82, 2.24) is 0 Å². The zero-order chi connectivity index (χ0) is 18.5. The number of hydrogen-bond acceptors (Lipinski definition) is 6. The quantitative estimate of drug-likeness (QED) is 0.636. The Hall–Kier alpha value is -2.42. The molecule has 10 heteroatoms. The number of ether oxygens (including phenoxy) is 3. The van der Waals surface area contributed by atoms with Gasteiger partial charge in [-0.15, -0.1) is 13.2 Å². The molecule has 0 saturated heterocycles. The van der Waals surface area contributed by atoms with Gasteiger partial charge in [0.2, 0.25) is 0 Å². The third-order valence-corrected chi connectivity index (χ3v) is 2.94. The fourth-order valence-corrected chi connectivity index (χ4v) is 1.77. The molecule has 0 bridgehead atoms. The summed E-state index contributed by atoms with van der Waals surface area (Å²) in [5.41, 5.74) is 0.168. The smallest absolute Gasteiger partial charge is 0.466 e. The molecule has 0 aliphatic heterocycles. The second-order valence-electron chi connectivity index (χ2n) is 4.34. The summed E-state index contributed by atoms with van der Waals surface area (Å²) in [6, 6.07) is 2.15. The average Bonchev–Trinajstić information content (AvgIpc) is 2.48. The average molecular weight is 368 g/mol. The molecule has 1 aromatic carbocycles. The van der Waals surface area contributed by atoms with Crippen LogP contribution in [0.5, 0.6) is 5.75 Å². The summed E-state index contributed by atoms with van der Waals surface area (Å²) in [5.74, 6) is -2.31. The normalized spacial score (nSPS) is 11.7. The van der Waals surface area contributed by atoms with Gasteiger partial charge >= 0.3 is 18.3 Å². The van der Waals surface area contributed by atoms with Gasteiger partial charge in [0, 0.05) is 5.69 Å². The number of hydrogen-bond donors (Lipinski definition) is 1. The third kappa shape index (κ3) is 5.65. The van der Waals surface area contributed by atoms with Crippen LogP contribution in [0.25, 0.3) is 0 Å². The number of methoxy groups -OCH3 is 2. The maximum Gasteiger partial charge on any atom is 0.573 e. The van der Waals surface area contributed by atoms with Crippen molar-refractivity contribution in [1.29, 1.82) is 0 Å². The number of carbonyl (C=O) groups is 2. The van der Waals surface area contributed by atoms with Crippen molar-refractivity contribution in [2.75, 3.05) is 19.5 Å². The zero-order valence-electron chi connectivity index (χ0n) is 12.8. The number of carbonyl (C=O) groups excluding carboxylic acids is 2. The van der Waals surface area contributed by atoms with E-state index in [9.17, 15) is 22.8 Å². The number of anilines is 1. The Morgan fingerprint density at radius 3 is 2.33 bits per heavy atom. The molecule has 1 N–H and O–H groups in total. The molecular weight excluding hydrogens is 355 g/mol. The summed E-state index contributed by atoms with van der Waals surface area (Å²) >= 11 is 5.75. The molecule has 0 unspecified atom stereocenters.